The van der Waals surface area contributed by atoms with Crippen molar-refractivity contribution in [2.75, 3.05) is 5.32 Å². The van der Waals surface area contributed by atoms with Gasteiger partial charge in [-0.3, -0.25) is 4.40 Å². The zero-order chi connectivity index (χ0) is 15.8. The normalized spacial score (nSPS) is 11.4. The van der Waals surface area contributed by atoms with Gasteiger partial charge in [0, 0.05) is 12.7 Å². The minimum Gasteiger partial charge on any atom is -0.361 e. The first-order chi connectivity index (χ1) is 11.3. The van der Waals surface area contributed by atoms with Gasteiger partial charge in [-0.1, -0.05) is 6.07 Å². The maximum atomic E-state index is 4.40. The molecule has 0 fully saturated rings. The van der Waals surface area contributed by atoms with Crippen molar-refractivity contribution in [1.29, 1.82) is 0 Å². The molecule has 0 amide bonds. The molecule has 1 N–H and O–H groups in total. The molecule has 0 atom stereocenters. The van der Waals surface area contributed by atoms with Crippen LogP contribution in [0.5, 0.6) is 0 Å². The zero-order valence-corrected chi connectivity index (χ0v) is 12.9. The number of anilines is 1. The molecular weight excluding hydrogens is 292 g/mol. The smallest absolute Gasteiger partial charge is 0.165 e. The fourth-order valence-corrected chi connectivity index (χ4v) is 2.57. The summed E-state index contributed by atoms with van der Waals surface area (Å²) in [6.07, 6.45) is 5.35. The highest BCUT2D eigenvalue weighted by atomic mass is 15.3. The molecule has 0 saturated carbocycles. The van der Waals surface area contributed by atoms with Gasteiger partial charge in [0.2, 0.25) is 0 Å². The summed E-state index contributed by atoms with van der Waals surface area (Å²) >= 11 is 0. The van der Waals surface area contributed by atoms with Crippen LogP contribution < -0.4 is 5.32 Å². The van der Waals surface area contributed by atoms with Crippen molar-refractivity contribution >= 4 is 22.6 Å². The van der Waals surface area contributed by atoms with E-state index >= 15 is 0 Å². The number of aromatic nitrogens is 7. The highest BCUT2D eigenvalue weighted by molar-refractivity contribution is 5.82. The first kappa shape index (κ1) is 13.6. The van der Waals surface area contributed by atoms with Gasteiger partial charge in [0.15, 0.2) is 22.9 Å². The molecule has 116 valence electrons. The number of aryl methyl sites for hydroxylation is 2. The van der Waals surface area contributed by atoms with Crippen molar-refractivity contribution in [3.8, 4) is 0 Å². The van der Waals surface area contributed by atoms with Gasteiger partial charge in [-0.15, -0.1) is 10.2 Å². The molecule has 4 aromatic rings. The van der Waals surface area contributed by atoms with E-state index in [9.17, 15) is 0 Å². The van der Waals surface area contributed by atoms with E-state index in [2.05, 4.69) is 37.4 Å². The summed E-state index contributed by atoms with van der Waals surface area (Å²) in [7, 11) is 0. The molecule has 4 aromatic heterocycles. The SMILES string of the molecule is CCn1cnc2c(NCc3nnc4ccc(C)cn34)ncnc21. The topological polar surface area (TPSA) is 85.8 Å². The Morgan fingerprint density at radius 2 is 2.04 bits per heavy atom. The summed E-state index contributed by atoms with van der Waals surface area (Å²) in [5.74, 6) is 1.52. The quantitative estimate of drug-likeness (QED) is 0.619. The third kappa shape index (κ3) is 2.28. The van der Waals surface area contributed by atoms with Crippen LogP contribution in [0.4, 0.5) is 5.82 Å². The zero-order valence-electron chi connectivity index (χ0n) is 12.9. The molecule has 23 heavy (non-hydrogen) atoms. The van der Waals surface area contributed by atoms with Crippen LogP contribution in [0.15, 0.2) is 31.0 Å². The lowest BCUT2D eigenvalue weighted by atomic mass is 10.3. The van der Waals surface area contributed by atoms with Crippen molar-refractivity contribution in [2.45, 2.75) is 26.9 Å². The fraction of sp³-hybridized carbons (Fsp3) is 0.267. The minimum atomic E-state index is 0.510. The van der Waals surface area contributed by atoms with E-state index in [4.69, 9.17) is 0 Å². The van der Waals surface area contributed by atoms with Gasteiger partial charge in [0.1, 0.15) is 11.8 Å². The van der Waals surface area contributed by atoms with Crippen molar-refractivity contribution in [2.24, 2.45) is 0 Å². The van der Waals surface area contributed by atoms with Crippen LogP contribution in [-0.2, 0) is 13.1 Å². The van der Waals surface area contributed by atoms with E-state index in [-0.39, 0.29) is 0 Å². The third-order valence-electron chi connectivity index (χ3n) is 3.78. The second kappa shape index (κ2) is 5.31. The predicted molar refractivity (Wildman–Crippen MR) is 86.0 cm³/mol. The monoisotopic (exact) mass is 308 g/mol. The summed E-state index contributed by atoms with van der Waals surface area (Å²) in [6, 6.07) is 3.98. The van der Waals surface area contributed by atoms with E-state index in [0.717, 1.165) is 34.7 Å². The van der Waals surface area contributed by atoms with E-state index in [0.29, 0.717) is 12.4 Å². The van der Waals surface area contributed by atoms with Gasteiger partial charge in [-0.05, 0) is 25.5 Å². The molecule has 0 saturated heterocycles. The van der Waals surface area contributed by atoms with Crippen LogP contribution in [0.1, 0.15) is 18.3 Å². The van der Waals surface area contributed by atoms with E-state index in [1.165, 1.54) is 0 Å². The lowest BCUT2D eigenvalue weighted by Gasteiger charge is -2.05. The molecular formula is C15H16N8. The number of imidazole rings is 1. The number of fused-ring (bicyclic) bond motifs is 2. The molecule has 0 unspecified atom stereocenters. The molecule has 0 bridgehead atoms. The van der Waals surface area contributed by atoms with Gasteiger partial charge in [-0.25, -0.2) is 15.0 Å². The Balaban J connectivity index is 1.66. The maximum Gasteiger partial charge on any atom is 0.165 e. The number of rotatable bonds is 4. The van der Waals surface area contributed by atoms with Crippen LogP contribution in [0.3, 0.4) is 0 Å². The largest absolute Gasteiger partial charge is 0.361 e. The molecule has 4 rings (SSSR count). The van der Waals surface area contributed by atoms with Gasteiger partial charge >= 0.3 is 0 Å². The van der Waals surface area contributed by atoms with Gasteiger partial charge in [0.25, 0.3) is 0 Å². The van der Waals surface area contributed by atoms with Crippen LogP contribution in [-0.4, -0.2) is 34.1 Å². The Kier molecular flexibility index (Phi) is 3.14. The average Bonchev–Trinajstić information content (AvgIpc) is 3.16. The Labute approximate surface area is 132 Å². The van der Waals surface area contributed by atoms with Gasteiger partial charge in [-0.2, -0.15) is 0 Å². The molecule has 0 radical (unpaired) electrons. The minimum absolute atomic E-state index is 0.510. The average molecular weight is 308 g/mol. The summed E-state index contributed by atoms with van der Waals surface area (Å²) in [6.45, 7) is 5.43. The number of nitrogens with one attached hydrogen (secondary N) is 1. The van der Waals surface area contributed by atoms with Crippen LogP contribution in [0.2, 0.25) is 0 Å². The van der Waals surface area contributed by atoms with E-state index < -0.39 is 0 Å². The highest BCUT2D eigenvalue weighted by Crippen LogP contribution is 2.18. The van der Waals surface area contributed by atoms with Gasteiger partial charge < -0.3 is 9.88 Å². The maximum absolute atomic E-state index is 4.40. The van der Waals surface area contributed by atoms with Crippen molar-refractivity contribution in [3.05, 3.63) is 42.4 Å². The summed E-state index contributed by atoms with van der Waals surface area (Å²) in [4.78, 5) is 13.0. The predicted octanol–water partition coefficient (Wildman–Crippen LogP) is 1.81. The van der Waals surface area contributed by atoms with Crippen molar-refractivity contribution in [3.63, 3.8) is 0 Å². The Bertz CT molecular complexity index is 984. The lowest BCUT2D eigenvalue weighted by molar-refractivity contribution is 0.777. The standard InChI is InChI=1S/C15H16N8/c1-3-22-9-19-13-14(17-8-18-15(13)22)16-6-12-21-20-11-5-4-10(2)7-23(11)12/h4-5,7-9H,3,6H2,1-2H3,(H,16,17,18). The molecule has 0 aliphatic carbocycles. The number of nitrogens with zero attached hydrogens (tertiary/aromatic N) is 7. The number of hydrogen-bond donors (Lipinski definition) is 1. The number of hydrogen-bond acceptors (Lipinski definition) is 6. The molecule has 0 aliphatic rings. The first-order valence-corrected chi connectivity index (χ1v) is 7.46. The summed E-state index contributed by atoms with van der Waals surface area (Å²) in [5, 5.41) is 11.7. The molecule has 0 aliphatic heterocycles. The summed E-state index contributed by atoms with van der Waals surface area (Å²) < 4.78 is 3.96. The second-order valence-electron chi connectivity index (χ2n) is 5.33. The molecule has 8 nitrogen and oxygen atoms in total. The van der Waals surface area contributed by atoms with E-state index in [1.54, 1.807) is 12.7 Å². The Morgan fingerprint density at radius 1 is 1.13 bits per heavy atom. The summed E-state index contributed by atoms with van der Waals surface area (Å²) in [5.41, 5.74) is 3.58. The Hall–Kier alpha value is -3.03. The second-order valence-corrected chi connectivity index (χ2v) is 5.33. The third-order valence-corrected chi connectivity index (χ3v) is 3.78. The van der Waals surface area contributed by atoms with E-state index in [1.807, 2.05) is 34.2 Å². The van der Waals surface area contributed by atoms with Crippen LogP contribution in [0, 0.1) is 6.92 Å². The number of pyridine rings is 1. The Morgan fingerprint density at radius 3 is 2.91 bits per heavy atom. The van der Waals surface area contributed by atoms with Gasteiger partial charge in [0.05, 0.1) is 12.9 Å². The molecule has 0 spiro atoms. The molecule has 4 heterocycles. The van der Waals surface area contributed by atoms with Crippen LogP contribution >= 0.6 is 0 Å². The fourth-order valence-electron chi connectivity index (χ4n) is 2.57. The molecule has 0 aromatic carbocycles. The van der Waals surface area contributed by atoms with Crippen LogP contribution in [0.25, 0.3) is 16.8 Å². The van der Waals surface area contributed by atoms with Crippen molar-refractivity contribution in [1.82, 2.24) is 34.1 Å². The first-order valence-electron chi connectivity index (χ1n) is 7.46. The highest BCUT2D eigenvalue weighted by Gasteiger charge is 2.11. The van der Waals surface area contributed by atoms with Crippen molar-refractivity contribution < 1.29 is 0 Å². The lowest BCUT2D eigenvalue weighted by Crippen LogP contribution is -2.06. The molecule has 8 heteroatoms.